The number of hydrogen-bond acceptors (Lipinski definition) is 8. The van der Waals surface area contributed by atoms with Crippen molar-refractivity contribution < 1.29 is 19.4 Å². The first-order valence-electron chi connectivity index (χ1n) is 10.7. The summed E-state index contributed by atoms with van der Waals surface area (Å²) in [4.78, 5) is 29.0. The summed E-state index contributed by atoms with van der Waals surface area (Å²) in [6.07, 6.45) is 1.65. The second-order valence-electron chi connectivity index (χ2n) is 7.43. The lowest BCUT2D eigenvalue weighted by molar-refractivity contribution is -0.143. The van der Waals surface area contributed by atoms with Crippen LogP contribution in [0.5, 0.6) is 5.88 Å². The number of aromatic nitrogens is 1. The summed E-state index contributed by atoms with van der Waals surface area (Å²) < 4.78 is 6.03. The zero-order valence-corrected chi connectivity index (χ0v) is 20.6. The van der Waals surface area contributed by atoms with E-state index in [9.17, 15) is 14.7 Å². The van der Waals surface area contributed by atoms with Crippen molar-refractivity contribution in [1.82, 2.24) is 10.3 Å². The maximum atomic E-state index is 12.9. The van der Waals surface area contributed by atoms with Crippen LogP contribution in [-0.2, 0) is 9.59 Å². The number of carboxylic acid groups (broad SMARTS) is 1. The van der Waals surface area contributed by atoms with Gasteiger partial charge in [0.2, 0.25) is 5.88 Å². The first-order valence-corrected chi connectivity index (χ1v) is 12.8. The second kappa shape index (κ2) is 14.0. The molecule has 0 bridgehead atoms. The van der Waals surface area contributed by atoms with Gasteiger partial charge in [-0.05, 0) is 37.0 Å². The number of carbonyl (C=O) groups excluding carboxylic acids is 1. The monoisotopic (exact) mass is 492 g/mol. The van der Waals surface area contributed by atoms with E-state index in [0.29, 0.717) is 42.3 Å². The molecule has 180 valence electrons. The van der Waals surface area contributed by atoms with Crippen LogP contribution in [0, 0.1) is 0 Å². The number of nitrogens with zero attached hydrogens (tertiary/aromatic N) is 1. The highest BCUT2D eigenvalue weighted by Gasteiger charge is 2.26. The number of thioether (sulfide) groups is 1. The maximum absolute atomic E-state index is 12.9. The number of carboxylic acids is 1. The van der Waals surface area contributed by atoms with Gasteiger partial charge in [-0.1, -0.05) is 37.3 Å². The van der Waals surface area contributed by atoms with E-state index in [2.05, 4.69) is 28.2 Å². The molecule has 1 heterocycles. The number of thiol groups is 1. The standard InChI is InChI=1S/C23H32N4O4S2/c1-3-20(21(28)26-19(23(29)30)11-12-33-2)31-22-18(25-13-16(24)14-32)10-9-17(27-22)15-7-5-4-6-8-15/h4-10,16,19-20,25,32H,3,11-14,24H2,1-2H3,(H,26,28)(H,29,30)/t16?,19-,20+/m0/s1. The van der Waals surface area contributed by atoms with Gasteiger partial charge >= 0.3 is 5.97 Å². The van der Waals surface area contributed by atoms with Crippen LogP contribution >= 0.6 is 24.4 Å². The third-order valence-electron chi connectivity index (χ3n) is 4.86. The summed E-state index contributed by atoms with van der Waals surface area (Å²) in [6, 6.07) is 12.2. The lowest BCUT2D eigenvalue weighted by Gasteiger charge is -2.22. The fourth-order valence-corrected chi connectivity index (χ4v) is 3.56. The normalized spacial score (nSPS) is 13.6. The highest BCUT2D eigenvalue weighted by Crippen LogP contribution is 2.28. The average Bonchev–Trinajstić information content (AvgIpc) is 2.83. The number of ether oxygens (including phenoxy) is 1. The molecule has 1 aromatic carbocycles. The zero-order valence-electron chi connectivity index (χ0n) is 18.9. The molecule has 1 amide bonds. The van der Waals surface area contributed by atoms with Gasteiger partial charge < -0.3 is 26.2 Å². The smallest absolute Gasteiger partial charge is 0.326 e. The number of carbonyl (C=O) groups is 2. The molecule has 0 aliphatic heterocycles. The summed E-state index contributed by atoms with van der Waals surface area (Å²) >= 11 is 5.73. The Kier molecular flexibility index (Phi) is 11.4. The van der Waals surface area contributed by atoms with Crippen molar-refractivity contribution in [3.63, 3.8) is 0 Å². The predicted molar refractivity (Wildman–Crippen MR) is 137 cm³/mol. The van der Waals surface area contributed by atoms with Crippen LogP contribution in [-0.4, -0.2) is 64.5 Å². The van der Waals surface area contributed by atoms with Crippen LogP contribution < -0.4 is 21.1 Å². The zero-order chi connectivity index (χ0) is 24.2. The van der Waals surface area contributed by atoms with Gasteiger partial charge in [-0.25, -0.2) is 9.78 Å². The van der Waals surface area contributed by atoms with Crippen LogP contribution in [0.1, 0.15) is 19.8 Å². The van der Waals surface area contributed by atoms with Crippen LogP contribution in [0.25, 0.3) is 11.3 Å². The Morgan fingerprint density at radius 2 is 1.97 bits per heavy atom. The molecule has 5 N–H and O–H groups in total. The van der Waals surface area contributed by atoms with Gasteiger partial charge in [-0.15, -0.1) is 0 Å². The number of nitrogens with two attached hydrogens (primary N) is 1. The van der Waals surface area contributed by atoms with E-state index in [0.717, 1.165) is 5.56 Å². The molecule has 0 aliphatic carbocycles. The van der Waals surface area contributed by atoms with E-state index in [1.165, 1.54) is 11.8 Å². The van der Waals surface area contributed by atoms with Crippen LogP contribution in [0.3, 0.4) is 0 Å². The van der Waals surface area contributed by atoms with Crippen molar-refractivity contribution in [2.45, 2.75) is 38.0 Å². The fourth-order valence-electron chi connectivity index (χ4n) is 2.95. The van der Waals surface area contributed by atoms with E-state index in [1.807, 2.05) is 48.7 Å². The largest absolute Gasteiger partial charge is 0.480 e. The van der Waals surface area contributed by atoms with Crippen molar-refractivity contribution >= 4 is 42.0 Å². The van der Waals surface area contributed by atoms with Crippen molar-refractivity contribution in [3.05, 3.63) is 42.5 Å². The number of benzene rings is 1. The molecule has 0 aliphatic rings. The van der Waals surface area contributed by atoms with Crippen LogP contribution in [0.15, 0.2) is 42.5 Å². The summed E-state index contributed by atoms with van der Waals surface area (Å²) in [5.74, 6) is -0.184. The second-order valence-corrected chi connectivity index (χ2v) is 8.79. The van der Waals surface area contributed by atoms with Gasteiger partial charge in [-0.2, -0.15) is 24.4 Å². The summed E-state index contributed by atoms with van der Waals surface area (Å²) in [7, 11) is 0. The number of aliphatic carboxylic acids is 1. The minimum atomic E-state index is -1.07. The SMILES string of the molecule is CC[C@@H](Oc1nc(-c2ccccc2)ccc1NCC(N)CS)C(=O)N[C@@H](CCSC)C(=O)O. The molecule has 3 atom stereocenters. The molecule has 0 spiro atoms. The van der Waals surface area contributed by atoms with Crippen molar-refractivity contribution in [1.29, 1.82) is 0 Å². The summed E-state index contributed by atoms with van der Waals surface area (Å²) in [6.45, 7) is 2.25. The molecular formula is C23H32N4O4S2. The molecule has 8 nitrogen and oxygen atoms in total. The first-order chi connectivity index (χ1) is 15.9. The number of nitrogens with one attached hydrogen (secondary N) is 2. The van der Waals surface area contributed by atoms with Gasteiger partial charge in [-0.3, -0.25) is 4.79 Å². The third-order valence-corrected chi connectivity index (χ3v) is 5.97. The van der Waals surface area contributed by atoms with Crippen molar-refractivity contribution in [2.75, 3.05) is 29.6 Å². The van der Waals surface area contributed by atoms with Gasteiger partial charge in [0.1, 0.15) is 6.04 Å². The molecule has 1 aromatic heterocycles. The number of hydrogen-bond donors (Lipinski definition) is 5. The highest BCUT2D eigenvalue weighted by atomic mass is 32.2. The number of rotatable bonds is 14. The van der Waals surface area contributed by atoms with E-state index in [1.54, 1.807) is 6.92 Å². The Balaban J connectivity index is 2.27. The van der Waals surface area contributed by atoms with Gasteiger partial charge in [0, 0.05) is 23.9 Å². The molecular weight excluding hydrogens is 460 g/mol. The van der Waals surface area contributed by atoms with Crippen molar-refractivity contribution in [3.8, 4) is 17.1 Å². The lowest BCUT2D eigenvalue weighted by Crippen LogP contribution is -2.47. The number of pyridine rings is 1. The molecule has 10 heteroatoms. The topological polar surface area (TPSA) is 127 Å². The third kappa shape index (κ3) is 8.45. The molecule has 33 heavy (non-hydrogen) atoms. The molecule has 0 saturated heterocycles. The van der Waals surface area contributed by atoms with E-state index in [4.69, 9.17) is 10.5 Å². The molecule has 0 fully saturated rings. The highest BCUT2D eigenvalue weighted by molar-refractivity contribution is 7.98. The summed E-state index contributed by atoms with van der Waals surface area (Å²) in [5, 5.41) is 15.2. The Hall–Kier alpha value is -2.43. The minimum Gasteiger partial charge on any atom is -0.480 e. The minimum absolute atomic E-state index is 0.173. The molecule has 2 rings (SSSR count). The van der Waals surface area contributed by atoms with E-state index >= 15 is 0 Å². The van der Waals surface area contributed by atoms with E-state index < -0.39 is 24.0 Å². The number of amides is 1. The van der Waals surface area contributed by atoms with E-state index in [-0.39, 0.29) is 11.9 Å². The first kappa shape index (κ1) is 26.8. The molecule has 2 aromatic rings. The Bertz CT molecular complexity index is 901. The van der Waals surface area contributed by atoms with Crippen molar-refractivity contribution in [2.24, 2.45) is 5.73 Å². The fraction of sp³-hybridized carbons (Fsp3) is 0.435. The quantitative estimate of drug-likeness (QED) is 0.255. The molecule has 1 unspecified atom stereocenters. The Morgan fingerprint density at radius 1 is 1.24 bits per heavy atom. The Morgan fingerprint density at radius 3 is 2.58 bits per heavy atom. The maximum Gasteiger partial charge on any atom is 0.326 e. The molecule has 0 radical (unpaired) electrons. The average molecular weight is 493 g/mol. The van der Waals surface area contributed by atoms with Gasteiger partial charge in [0.15, 0.2) is 6.10 Å². The van der Waals surface area contributed by atoms with Crippen LogP contribution in [0.2, 0.25) is 0 Å². The predicted octanol–water partition coefficient (Wildman–Crippen LogP) is 2.90. The summed E-state index contributed by atoms with van der Waals surface area (Å²) in [5.41, 5.74) is 8.15. The van der Waals surface area contributed by atoms with Gasteiger partial charge in [0.05, 0.1) is 11.4 Å². The van der Waals surface area contributed by atoms with Gasteiger partial charge in [0.25, 0.3) is 5.91 Å². The lowest BCUT2D eigenvalue weighted by atomic mass is 10.1. The number of anilines is 1. The van der Waals surface area contributed by atoms with Crippen LogP contribution in [0.4, 0.5) is 5.69 Å². The molecule has 0 saturated carbocycles. The Labute approximate surface area is 204 Å².